The van der Waals surface area contributed by atoms with Gasteiger partial charge in [-0.1, -0.05) is 327 Å². The van der Waals surface area contributed by atoms with E-state index in [1.165, 1.54) is 180 Å². The lowest BCUT2D eigenvalue weighted by Gasteiger charge is -2.25. The third-order valence-corrected chi connectivity index (χ3v) is 16.4. The fourth-order valence-electron chi connectivity index (χ4n) is 10.6. The Kier molecular flexibility index (Phi) is 69.6. The maximum atomic E-state index is 13.0. The lowest BCUT2D eigenvalue weighted by molar-refractivity contribution is -0.870. The molecule has 9 heteroatoms. The van der Waals surface area contributed by atoms with Gasteiger partial charge < -0.3 is 28.5 Å². The van der Waals surface area contributed by atoms with E-state index in [2.05, 4.69) is 148 Å². The average molecular weight is 1300 g/mol. The molecule has 0 aliphatic heterocycles. The monoisotopic (exact) mass is 1300 g/mol. The lowest BCUT2D eigenvalue weighted by Crippen LogP contribution is -2.40. The summed E-state index contributed by atoms with van der Waals surface area (Å²) in [6, 6.07) is 0. The van der Waals surface area contributed by atoms with Crippen LogP contribution < -0.4 is 0 Å². The number of likely N-dealkylation sites (N-methyl/N-ethyl adjacent to an activating group) is 1. The van der Waals surface area contributed by atoms with Crippen molar-refractivity contribution in [3.63, 3.8) is 0 Å². The number of esters is 2. The number of hydrogen-bond acceptors (Lipinski definition) is 7. The number of quaternary nitrogens is 1. The van der Waals surface area contributed by atoms with Crippen molar-refractivity contribution in [2.24, 2.45) is 0 Å². The highest BCUT2D eigenvalue weighted by molar-refractivity contribution is 5.71. The van der Waals surface area contributed by atoms with Gasteiger partial charge in [-0.3, -0.25) is 9.59 Å². The zero-order valence-corrected chi connectivity index (χ0v) is 60.9. The third kappa shape index (κ3) is 74.7. The summed E-state index contributed by atoms with van der Waals surface area (Å²) in [5.74, 6) is -2.02. The minimum absolute atomic E-state index is 0.180. The summed E-state index contributed by atoms with van der Waals surface area (Å²) < 4.78 is 23.0. The van der Waals surface area contributed by atoms with Crippen LogP contribution in [0.25, 0.3) is 0 Å². The number of nitrogens with zero attached hydrogens (tertiary/aromatic N) is 1. The molecule has 93 heavy (non-hydrogen) atoms. The second-order valence-electron chi connectivity index (χ2n) is 26.6. The SMILES string of the molecule is CC/C=C\C/C=C\C/C=C\C/C=C\C/C=C\C/C=C\C/C=C\C/C=C\C/C=C\CCCCCCCCCC(=O)OC(COC(=O)CCCCCCCCCCCCCCCCCCCCCCC/C=C\C/C=C\CCCCCCC)COC(OCC[N+](C)(C)C)C(=O)O. The van der Waals surface area contributed by atoms with Gasteiger partial charge in [0.15, 0.2) is 6.10 Å². The van der Waals surface area contributed by atoms with Gasteiger partial charge in [-0.2, -0.15) is 0 Å². The topological polar surface area (TPSA) is 108 Å². The summed E-state index contributed by atoms with van der Waals surface area (Å²) in [5, 5.41) is 9.77. The molecular formula is C84H144NO8+. The number of carbonyl (C=O) groups is 3. The maximum absolute atomic E-state index is 13.0. The number of unbranched alkanes of at least 4 members (excludes halogenated alkanes) is 33. The zero-order chi connectivity index (χ0) is 67.5. The Bertz CT molecular complexity index is 2000. The van der Waals surface area contributed by atoms with Crippen molar-refractivity contribution in [2.45, 2.75) is 334 Å². The highest BCUT2D eigenvalue weighted by Gasteiger charge is 2.25. The Morgan fingerprint density at radius 3 is 0.914 bits per heavy atom. The molecule has 0 aliphatic rings. The first-order chi connectivity index (χ1) is 45.6. The molecule has 0 aromatic heterocycles. The van der Waals surface area contributed by atoms with Crippen LogP contribution in [-0.4, -0.2) is 87.4 Å². The van der Waals surface area contributed by atoms with Gasteiger partial charge in [0.1, 0.15) is 13.2 Å². The van der Waals surface area contributed by atoms with Crippen LogP contribution >= 0.6 is 0 Å². The molecule has 0 bridgehead atoms. The molecule has 0 aromatic carbocycles. The molecule has 0 amide bonds. The minimum Gasteiger partial charge on any atom is -0.477 e. The standard InChI is InChI=1S/C84H143NO8/c1-6-8-10-12-14-16-18-20-22-24-26-28-30-32-34-36-38-40-41-43-45-47-49-51-53-55-57-59-61-63-65-67-69-71-73-75-82(87)93-80(79-92-84(83(88)89)90-77-76-85(3,4)5)78-91-81(86)74-72-70-68-66-64-62-60-58-56-54-52-50-48-46-44-42-39-37-35-33-31-29-27-25-23-21-19-17-15-13-11-9-7-2/h8,10,14,16,19-22,25-28,32,34,38,40,43,45,49,51,55,57,80,84H,6-7,9,11-13,15,17-18,23-24,29-31,33,35-37,39,41-42,44,46-48,50,52-54,56,58-79H2,1-5H3/p+1/b10-8-,16-14-,21-19-,22-20-,27-25-,28-26-,34-32-,40-38-,45-43-,51-49-,57-55-. The van der Waals surface area contributed by atoms with Gasteiger partial charge in [0, 0.05) is 12.8 Å². The highest BCUT2D eigenvalue weighted by atomic mass is 16.7. The van der Waals surface area contributed by atoms with Gasteiger partial charge in [-0.25, -0.2) is 4.79 Å². The molecule has 0 fully saturated rings. The lowest BCUT2D eigenvalue weighted by atomic mass is 10.0. The molecule has 1 N–H and O–H groups in total. The molecule has 532 valence electrons. The van der Waals surface area contributed by atoms with Crippen LogP contribution in [0.4, 0.5) is 0 Å². The normalized spacial score (nSPS) is 13.4. The molecule has 0 saturated heterocycles. The van der Waals surface area contributed by atoms with Gasteiger partial charge in [-0.15, -0.1) is 0 Å². The third-order valence-electron chi connectivity index (χ3n) is 16.4. The van der Waals surface area contributed by atoms with Gasteiger partial charge in [0.25, 0.3) is 6.29 Å². The fourth-order valence-corrected chi connectivity index (χ4v) is 10.6. The molecule has 0 saturated carbocycles. The molecular weight excluding hydrogens is 1150 g/mol. The van der Waals surface area contributed by atoms with Crippen molar-refractivity contribution in [3.05, 3.63) is 134 Å². The number of hydrogen-bond donors (Lipinski definition) is 1. The quantitative estimate of drug-likeness (QED) is 0.0211. The molecule has 9 nitrogen and oxygen atoms in total. The van der Waals surface area contributed by atoms with Crippen LogP contribution in [0.15, 0.2) is 134 Å². The van der Waals surface area contributed by atoms with Gasteiger partial charge >= 0.3 is 17.9 Å². The van der Waals surface area contributed by atoms with Crippen molar-refractivity contribution in [1.82, 2.24) is 0 Å². The average Bonchev–Trinajstić information content (AvgIpc) is 3.74. The number of carboxylic acids is 1. The van der Waals surface area contributed by atoms with E-state index in [0.29, 0.717) is 23.9 Å². The number of allylic oxidation sites excluding steroid dienone is 22. The van der Waals surface area contributed by atoms with Crippen molar-refractivity contribution in [1.29, 1.82) is 0 Å². The van der Waals surface area contributed by atoms with Crippen molar-refractivity contribution in [3.8, 4) is 0 Å². The van der Waals surface area contributed by atoms with E-state index in [1.54, 1.807) is 0 Å². The Morgan fingerprint density at radius 2 is 0.613 bits per heavy atom. The van der Waals surface area contributed by atoms with E-state index in [9.17, 15) is 19.5 Å². The Balaban J connectivity index is 4.12. The van der Waals surface area contributed by atoms with E-state index in [0.717, 1.165) is 109 Å². The highest BCUT2D eigenvalue weighted by Crippen LogP contribution is 2.18. The molecule has 2 atom stereocenters. The number of rotatable bonds is 70. The number of carboxylic acid groups (broad SMARTS) is 1. The zero-order valence-electron chi connectivity index (χ0n) is 60.9. The smallest absolute Gasteiger partial charge is 0.361 e. The van der Waals surface area contributed by atoms with Crippen LogP contribution in [0.1, 0.15) is 322 Å². The molecule has 0 heterocycles. The second kappa shape index (κ2) is 73.2. The van der Waals surface area contributed by atoms with Gasteiger partial charge in [0.05, 0.1) is 34.4 Å². The molecule has 2 unspecified atom stereocenters. The number of carbonyl (C=O) groups excluding carboxylic acids is 2. The van der Waals surface area contributed by atoms with Crippen molar-refractivity contribution >= 4 is 17.9 Å². The predicted molar refractivity (Wildman–Crippen MR) is 401 cm³/mol. The summed E-state index contributed by atoms with van der Waals surface area (Å²) in [4.78, 5) is 37.7. The van der Waals surface area contributed by atoms with Crippen LogP contribution in [0, 0.1) is 0 Å². The maximum Gasteiger partial charge on any atom is 0.361 e. The summed E-state index contributed by atoms with van der Waals surface area (Å²) in [6.45, 7) is 4.76. The van der Waals surface area contributed by atoms with E-state index in [-0.39, 0.29) is 32.2 Å². The molecule has 0 rings (SSSR count). The van der Waals surface area contributed by atoms with E-state index >= 15 is 0 Å². The first-order valence-corrected chi connectivity index (χ1v) is 38.3. The molecule has 0 aromatic rings. The van der Waals surface area contributed by atoms with Crippen molar-refractivity contribution < 1.29 is 42.9 Å². The molecule has 0 spiro atoms. The second-order valence-corrected chi connectivity index (χ2v) is 26.6. The van der Waals surface area contributed by atoms with Crippen LogP contribution in [0.2, 0.25) is 0 Å². The Morgan fingerprint density at radius 1 is 0.333 bits per heavy atom. The van der Waals surface area contributed by atoms with E-state index in [4.69, 9.17) is 18.9 Å². The Labute approximate surface area is 573 Å². The number of ether oxygens (including phenoxy) is 4. The van der Waals surface area contributed by atoms with Crippen LogP contribution in [0.5, 0.6) is 0 Å². The number of aliphatic carboxylic acids is 1. The minimum atomic E-state index is -1.52. The van der Waals surface area contributed by atoms with Crippen molar-refractivity contribution in [2.75, 3.05) is 47.5 Å². The van der Waals surface area contributed by atoms with Gasteiger partial charge in [-0.05, 0) is 116 Å². The first kappa shape index (κ1) is 88.4. The summed E-state index contributed by atoms with van der Waals surface area (Å²) >= 11 is 0. The van der Waals surface area contributed by atoms with E-state index < -0.39 is 24.3 Å². The van der Waals surface area contributed by atoms with Crippen LogP contribution in [-0.2, 0) is 33.3 Å². The van der Waals surface area contributed by atoms with Crippen LogP contribution in [0.3, 0.4) is 0 Å². The Hall–Kier alpha value is -4.57. The van der Waals surface area contributed by atoms with Gasteiger partial charge in [0.2, 0.25) is 0 Å². The molecule has 0 radical (unpaired) electrons. The van der Waals surface area contributed by atoms with E-state index in [1.807, 2.05) is 21.1 Å². The summed E-state index contributed by atoms with van der Waals surface area (Å²) in [7, 11) is 5.97. The summed E-state index contributed by atoms with van der Waals surface area (Å²) in [6.07, 6.45) is 103. The molecule has 0 aliphatic carbocycles. The first-order valence-electron chi connectivity index (χ1n) is 38.3. The largest absolute Gasteiger partial charge is 0.477 e. The fraction of sp³-hybridized carbons (Fsp3) is 0.702. The predicted octanol–water partition coefficient (Wildman–Crippen LogP) is 24.5. The summed E-state index contributed by atoms with van der Waals surface area (Å²) in [5.41, 5.74) is 0.